The van der Waals surface area contributed by atoms with E-state index >= 15 is 0 Å². The summed E-state index contributed by atoms with van der Waals surface area (Å²) < 4.78 is 18.9. The van der Waals surface area contributed by atoms with Crippen molar-refractivity contribution in [2.24, 2.45) is 5.92 Å². The Morgan fingerprint density at radius 2 is 2.07 bits per heavy atom. The zero-order valence-corrected chi connectivity index (χ0v) is 16.5. The highest BCUT2D eigenvalue weighted by Gasteiger charge is 2.24. The van der Waals surface area contributed by atoms with E-state index in [-0.39, 0.29) is 18.5 Å². The van der Waals surface area contributed by atoms with Crippen LogP contribution in [-0.4, -0.2) is 36.6 Å². The van der Waals surface area contributed by atoms with Crippen LogP contribution in [0.5, 0.6) is 5.75 Å². The standard InChI is InChI=1S/C22H28FN3O2/c1-16(2)26-10-9-18(14-26)13-24-22(27)25-20-7-4-8-21(12-20)28-15-17-5-3-6-19(23)11-17/h3-8,11-12,16,18H,9-10,13-15H2,1-2H3,(H2,24,25,27). The number of rotatable bonds is 7. The number of likely N-dealkylation sites (tertiary alicyclic amines) is 1. The number of hydrogen-bond acceptors (Lipinski definition) is 3. The molecular formula is C22H28FN3O2. The monoisotopic (exact) mass is 385 g/mol. The van der Waals surface area contributed by atoms with Crippen LogP contribution in [0.25, 0.3) is 0 Å². The lowest BCUT2D eigenvalue weighted by molar-refractivity contribution is 0.247. The van der Waals surface area contributed by atoms with Crippen molar-refractivity contribution in [1.82, 2.24) is 10.2 Å². The zero-order valence-electron chi connectivity index (χ0n) is 16.5. The minimum Gasteiger partial charge on any atom is -0.489 e. The molecule has 1 fully saturated rings. The normalized spacial score (nSPS) is 16.9. The number of carbonyl (C=O) groups is 1. The van der Waals surface area contributed by atoms with Crippen molar-refractivity contribution in [1.29, 1.82) is 0 Å². The predicted octanol–water partition coefficient (Wildman–Crippen LogP) is 4.26. The smallest absolute Gasteiger partial charge is 0.319 e. The first-order chi connectivity index (χ1) is 13.5. The van der Waals surface area contributed by atoms with Gasteiger partial charge in [0.1, 0.15) is 18.2 Å². The lowest BCUT2D eigenvalue weighted by Gasteiger charge is -2.20. The quantitative estimate of drug-likeness (QED) is 0.749. The van der Waals surface area contributed by atoms with Gasteiger partial charge in [-0.05, 0) is 62.6 Å². The molecule has 0 radical (unpaired) electrons. The maximum Gasteiger partial charge on any atom is 0.319 e. The van der Waals surface area contributed by atoms with Crippen molar-refractivity contribution in [3.63, 3.8) is 0 Å². The highest BCUT2D eigenvalue weighted by molar-refractivity contribution is 5.89. The Balaban J connectivity index is 1.45. The summed E-state index contributed by atoms with van der Waals surface area (Å²) in [4.78, 5) is 14.6. The number of halogens is 1. The van der Waals surface area contributed by atoms with Crippen LogP contribution in [0, 0.1) is 11.7 Å². The van der Waals surface area contributed by atoms with Crippen molar-refractivity contribution >= 4 is 11.7 Å². The minimum absolute atomic E-state index is 0.217. The van der Waals surface area contributed by atoms with Gasteiger partial charge in [-0.15, -0.1) is 0 Å². The van der Waals surface area contributed by atoms with Crippen LogP contribution in [0.15, 0.2) is 48.5 Å². The van der Waals surface area contributed by atoms with E-state index in [4.69, 9.17) is 4.74 Å². The molecule has 1 aliphatic heterocycles. The van der Waals surface area contributed by atoms with E-state index < -0.39 is 0 Å². The van der Waals surface area contributed by atoms with Gasteiger partial charge in [0.15, 0.2) is 0 Å². The molecule has 6 heteroatoms. The van der Waals surface area contributed by atoms with Gasteiger partial charge in [-0.3, -0.25) is 0 Å². The molecule has 3 rings (SSSR count). The lowest BCUT2D eigenvalue weighted by atomic mass is 10.1. The highest BCUT2D eigenvalue weighted by atomic mass is 19.1. The number of carbonyl (C=O) groups excluding carboxylic acids is 1. The van der Waals surface area contributed by atoms with Crippen molar-refractivity contribution in [2.75, 3.05) is 25.0 Å². The van der Waals surface area contributed by atoms with Crippen molar-refractivity contribution in [3.05, 3.63) is 59.9 Å². The number of benzene rings is 2. The number of urea groups is 1. The minimum atomic E-state index is -0.285. The number of hydrogen-bond donors (Lipinski definition) is 2. The molecule has 0 saturated carbocycles. The van der Waals surface area contributed by atoms with Crippen LogP contribution in [0.3, 0.4) is 0 Å². The molecule has 150 valence electrons. The van der Waals surface area contributed by atoms with Crippen molar-refractivity contribution in [2.45, 2.75) is 32.9 Å². The van der Waals surface area contributed by atoms with Gasteiger partial charge >= 0.3 is 6.03 Å². The van der Waals surface area contributed by atoms with Gasteiger partial charge in [0.05, 0.1) is 0 Å². The average Bonchev–Trinajstić information content (AvgIpc) is 3.15. The largest absolute Gasteiger partial charge is 0.489 e. The fourth-order valence-corrected chi connectivity index (χ4v) is 3.37. The topological polar surface area (TPSA) is 53.6 Å². The lowest BCUT2D eigenvalue weighted by Crippen LogP contribution is -2.35. The third kappa shape index (κ3) is 5.96. The first kappa shape index (κ1) is 20.1. The summed E-state index contributed by atoms with van der Waals surface area (Å²) in [6, 6.07) is 13.8. The zero-order chi connectivity index (χ0) is 19.9. The van der Waals surface area contributed by atoms with Crippen LogP contribution in [0.1, 0.15) is 25.8 Å². The first-order valence-corrected chi connectivity index (χ1v) is 9.76. The predicted molar refractivity (Wildman–Crippen MR) is 109 cm³/mol. The summed E-state index contributed by atoms with van der Waals surface area (Å²) in [6.45, 7) is 7.46. The molecule has 2 N–H and O–H groups in total. The maximum atomic E-state index is 13.2. The molecule has 0 aromatic heterocycles. The molecule has 1 unspecified atom stereocenters. The van der Waals surface area contributed by atoms with E-state index in [0.717, 1.165) is 25.1 Å². The van der Waals surface area contributed by atoms with E-state index in [1.165, 1.54) is 12.1 Å². The van der Waals surface area contributed by atoms with Gasteiger partial charge in [0, 0.05) is 30.9 Å². The molecule has 2 aromatic rings. The first-order valence-electron chi connectivity index (χ1n) is 9.76. The molecule has 28 heavy (non-hydrogen) atoms. The van der Waals surface area contributed by atoms with Crippen molar-refractivity contribution < 1.29 is 13.9 Å². The second-order valence-corrected chi connectivity index (χ2v) is 7.52. The van der Waals surface area contributed by atoms with Gasteiger partial charge in [-0.2, -0.15) is 0 Å². The molecular weight excluding hydrogens is 357 g/mol. The SMILES string of the molecule is CC(C)N1CCC(CNC(=O)Nc2cccc(OCc3cccc(F)c3)c2)C1. The third-order valence-corrected chi connectivity index (χ3v) is 4.99. The molecule has 0 spiro atoms. The Labute approximate surface area is 165 Å². The molecule has 0 aliphatic carbocycles. The summed E-state index contributed by atoms with van der Waals surface area (Å²) in [5.74, 6) is 0.825. The van der Waals surface area contributed by atoms with E-state index in [2.05, 4.69) is 29.4 Å². The molecule has 1 heterocycles. The van der Waals surface area contributed by atoms with E-state index in [9.17, 15) is 9.18 Å². The summed E-state index contributed by atoms with van der Waals surface area (Å²) >= 11 is 0. The molecule has 1 aliphatic rings. The Hall–Kier alpha value is -2.60. The fraction of sp³-hybridized carbons (Fsp3) is 0.409. The number of amides is 2. The van der Waals surface area contributed by atoms with Crippen LogP contribution in [-0.2, 0) is 6.61 Å². The second-order valence-electron chi connectivity index (χ2n) is 7.52. The Kier molecular flexibility index (Phi) is 6.87. The van der Waals surface area contributed by atoms with Gasteiger partial charge in [-0.1, -0.05) is 18.2 Å². The second kappa shape index (κ2) is 9.55. The number of nitrogens with one attached hydrogen (secondary N) is 2. The maximum absolute atomic E-state index is 13.2. The molecule has 1 atom stereocenters. The van der Waals surface area contributed by atoms with Gasteiger partial charge in [0.25, 0.3) is 0 Å². The average molecular weight is 385 g/mol. The van der Waals surface area contributed by atoms with Crippen LogP contribution >= 0.6 is 0 Å². The summed E-state index contributed by atoms with van der Waals surface area (Å²) in [6.07, 6.45) is 1.11. The molecule has 2 aromatic carbocycles. The third-order valence-electron chi connectivity index (χ3n) is 4.99. The van der Waals surface area contributed by atoms with Gasteiger partial charge < -0.3 is 20.3 Å². The Bertz CT molecular complexity index is 797. The summed E-state index contributed by atoms with van der Waals surface area (Å²) in [5, 5.41) is 5.80. The Morgan fingerprint density at radius 3 is 2.82 bits per heavy atom. The molecule has 2 amide bonds. The summed E-state index contributed by atoms with van der Waals surface area (Å²) in [5.41, 5.74) is 1.41. The number of ether oxygens (including phenoxy) is 1. The van der Waals surface area contributed by atoms with E-state index in [1.807, 2.05) is 18.2 Å². The van der Waals surface area contributed by atoms with Crippen LogP contribution in [0.4, 0.5) is 14.9 Å². The Morgan fingerprint density at radius 1 is 1.25 bits per heavy atom. The molecule has 1 saturated heterocycles. The van der Waals surface area contributed by atoms with Gasteiger partial charge in [-0.25, -0.2) is 9.18 Å². The van der Waals surface area contributed by atoms with E-state index in [0.29, 0.717) is 29.9 Å². The molecule has 5 nitrogen and oxygen atoms in total. The molecule has 0 bridgehead atoms. The van der Waals surface area contributed by atoms with Gasteiger partial charge in [0.2, 0.25) is 0 Å². The number of nitrogens with zero attached hydrogens (tertiary/aromatic N) is 1. The highest BCUT2D eigenvalue weighted by Crippen LogP contribution is 2.20. The number of anilines is 1. The van der Waals surface area contributed by atoms with Crippen LogP contribution in [0.2, 0.25) is 0 Å². The van der Waals surface area contributed by atoms with E-state index in [1.54, 1.807) is 18.2 Å². The van der Waals surface area contributed by atoms with Crippen molar-refractivity contribution in [3.8, 4) is 5.75 Å². The summed E-state index contributed by atoms with van der Waals surface area (Å²) in [7, 11) is 0. The fourth-order valence-electron chi connectivity index (χ4n) is 3.37. The van der Waals surface area contributed by atoms with Crippen LogP contribution < -0.4 is 15.4 Å².